The van der Waals surface area contributed by atoms with Crippen molar-refractivity contribution < 1.29 is 14.3 Å². The molecule has 0 unspecified atom stereocenters. The third-order valence-corrected chi connectivity index (χ3v) is 9.08. The second-order valence-electron chi connectivity index (χ2n) is 9.90. The number of carbonyl (C=O) groups is 2. The van der Waals surface area contributed by atoms with Crippen molar-refractivity contribution in [1.29, 1.82) is 0 Å². The fourth-order valence-electron chi connectivity index (χ4n) is 7.54. The molecule has 3 fully saturated rings. The van der Waals surface area contributed by atoms with Crippen LogP contribution in [0.25, 0.3) is 0 Å². The molecule has 0 radical (unpaired) electrons. The molecule has 0 bridgehead atoms. The van der Waals surface area contributed by atoms with E-state index in [0.717, 1.165) is 43.4 Å². The average molecular weight is 359 g/mol. The summed E-state index contributed by atoms with van der Waals surface area (Å²) in [6.07, 6.45) is 13.0. The normalized spacial score (nSPS) is 44.6. The highest BCUT2D eigenvalue weighted by Crippen LogP contribution is 2.67. The number of hydrogen-bond donors (Lipinski definition) is 0. The molecule has 4 rings (SSSR count). The average Bonchev–Trinajstić information content (AvgIpc) is 2.96. The van der Waals surface area contributed by atoms with Crippen LogP contribution in [0, 0.1) is 34.5 Å². The predicted octanol–water partition coefficient (Wildman–Crippen LogP) is 5.09. The van der Waals surface area contributed by atoms with E-state index in [1.807, 2.05) is 6.08 Å². The van der Waals surface area contributed by atoms with Gasteiger partial charge in [0.05, 0.1) is 7.11 Å². The van der Waals surface area contributed by atoms with Crippen molar-refractivity contribution in [2.75, 3.05) is 7.11 Å². The van der Waals surface area contributed by atoms with Crippen LogP contribution in [-0.4, -0.2) is 18.9 Å². The van der Waals surface area contributed by atoms with Gasteiger partial charge in [-0.25, -0.2) is 0 Å². The van der Waals surface area contributed by atoms with Crippen molar-refractivity contribution in [2.45, 2.75) is 78.1 Å². The molecule has 0 N–H and O–H groups in total. The molecule has 144 valence electrons. The van der Waals surface area contributed by atoms with E-state index in [1.54, 1.807) is 0 Å². The van der Waals surface area contributed by atoms with Crippen LogP contribution in [0.1, 0.15) is 78.1 Å². The summed E-state index contributed by atoms with van der Waals surface area (Å²) in [6.45, 7) is 4.97. The minimum Gasteiger partial charge on any atom is -0.469 e. The first kappa shape index (κ1) is 18.3. The summed E-state index contributed by atoms with van der Waals surface area (Å²) in [5, 5.41) is 0. The van der Waals surface area contributed by atoms with E-state index in [2.05, 4.69) is 13.8 Å². The molecule has 0 aromatic heterocycles. The fourth-order valence-corrected chi connectivity index (χ4v) is 7.54. The lowest BCUT2D eigenvalue weighted by molar-refractivity contribution is -0.141. The number of methoxy groups -OCH3 is 1. The molecule has 3 heteroatoms. The topological polar surface area (TPSA) is 43.4 Å². The van der Waals surface area contributed by atoms with Crippen LogP contribution in [0.15, 0.2) is 11.6 Å². The summed E-state index contributed by atoms with van der Waals surface area (Å²) in [4.78, 5) is 23.6. The maximum absolute atomic E-state index is 11.9. The van der Waals surface area contributed by atoms with Crippen molar-refractivity contribution in [3.8, 4) is 0 Å². The van der Waals surface area contributed by atoms with E-state index in [4.69, 9.17) is 4.74 Å². The summed E-state index contributed by atoms with van der Waals surface area (Å²) < 4.78 is 4.87. The number of ether oxygens (including phenoxy) is 1. The van der Waals surface area contributed by atoms with Gasteiger partial charge < -0.3 is 4.74 Å². The highest BCUT2D eigenvalue weighted by Gasteiger charge is 2.58. The van der Waals surface area contributed by atoms with Gasteiger partial charge in [0.2, 0.25) is 0 Å². The molecule has 3 nitrogen and oxygen atoms in total. The van der Waals surface area contributed by atoms with Crippen LogP contribution in [0.2, 0.25) is 0 Å². The first-order valence-electron chi connectivity index (χ1n) is 10.7. The Labute approximate surface area is 157 Å². The molecule has 3 saturated carbocycles. The monoisotopic (exact) mass is 358 g/mol. The van der Waals surface area contributed by atoms with Gasteiger partial charge in [0.15, 0.2) is 5.78 Å². The van der Waals surface area contributed by atoms with Crippen LogP contribution >= 0.6 is 0 Å². The van der Waals surface area contributed by atoms with Gasteiger partial charge in [-0.15, -0.1) is 0 Å². The zero-order chi connectivity index (χ0) is 18.5. The second kappa shape index (κ2) is 6.49. The molecule has 6 atom stereocenters. The molecule has 26 heavy (non-hydrogen) atoms. The minimum atomic E-state index is -0.0578. The van der Waals surface area contributed by atoms with Crippen LogP contribution in [0.5, 0.6) is 0 Å². The number of ketones is 1. The van der Waals surface area contributed by atoms with E-state index in [9.17, 15) is 9.59 Å². The van der Waals surface area contributed by atoms with Gasteiger partial charge in [0.25, 0.3) is 0 Å². The molecule has 0 aliphatic heterocycles. The van der Waals surface area contributed by atoms with Crippen LogP contribution < -0.4 is 0 Å². The highest BCUT2D eigenvalue weighted by atomic mass is 16.5. The second-order valence-corrected chi connectivity index (χ2v) is 9.90. The van der Waals surface area contributed by atoms with Crippen molar-refractivity contribution in [1.82, 2.24) is 0 Å². The standard InChI is InChI=1S/C23H34O3/c1-22-13-11-20-18(7-4-16-14-17(24)10-12-23(16,20)2)19(22)8-5-15(22)6-9-21(25)26-3/h14-15,18-20H,4-13H2,1-3H3/t15-,18-,19-,20-,22+,23-/m0/s1. The van der Waals surface area contributed by atoms with E-state index >= 15 is 0 Å². The van der Waals surface area contributed by atoms with E-state index in [0.29, 0.717) is 23.5 Å². The molecular weight excluding hydrogens is 324 g/mol. The van der Waals surface area contributed by atoms with Crippen LogP contribution in [0.3, 0.4) is 0 Å². The van der Waals surface area contributed by atoms with Crippen molar-refractivity contribution in [2.24, 2.45) is 34.5 Å². The van der Waals surface area contributed by atoms with Gasteiger partial charge in [-0.1, -0.05) is 19.4 Å². The van der Waals surface area contributed by atoms with Crippen molar-refractivity contribution in [3.05, 3.63) is 11.6 Å². The lowest BCUT2D eigenvalue weighted by Crippen LogP contribution is -2.50. The Morgan fingerprint density at radius 3 is 2.69 bits per heavy atom. The molecule has 0 saturated heterocycles. The largest absolute Gasteiger partial charge is 0.469 e. The maximum atomic E-state index is 11.9. The third kappa shape index (κ3) is 2.68. The lowest BCUT2D eigenvalue weighted by atomic mass is 9.46. The predicted molar refractivity (Wildman–Crippen MR) is 101 cm³/mol. The molecule has 0 spiro atoms. The van der Waals surface area contributed by atoms with Crippen LogP contribution in [-0.2, 0) is 14.3 Å². The Hall–Kier alpha value is -1.12. The zero-order valence-corrected chi connectivity index (χ0v) is 16.7. The first-order chi connectivity index (χ1) is 12.4. The number of allylic oxidation sites excluding steroid dienone is 1. The highest BCUT2D eigenvalue weighted by molar-refractivity contribution is 5.91. The molecule has 0 amide bonds. The van der Waals surface area contributed by atoms with Crippen molar-refractivity contribution >= 4 is 11.8 Å². The molecule has 4 aliphatic rings. The summed E-state index contributed by atoms with van der Waals surface area (Å²) in [7, 11) is 1.50. The number of hydrogen-bond acceptors (Lipinski definition) is 3. The summed E-state index contributed by atoms with van der Waals surface area (Å²) in [5.74, 6) is 3.34. The van der Waals surface area contributed by atoms with E-state index < -0.39 is 0 Å². The lowest BCUT2D eigenvalue weighted by Gasteiger charge is -2.58. The summed E-state index contributed by atoms with van der Waals surface area (Å²) in [5.41, 5.74) is 2.12. The number of rotatable bonds is 3. The Balaban J connectivity index is 1.54. The Morgan fingerprint density at radius 1 is 1.12 bits per heavy atom. The molecule has 0 heterocycles. The van der Waals surface area contributed by atoms with Crippen molar-refractivity contribution in [3.63, 3.8) is 0 Å². The fraction of sp³-hybridized carbons (Fsp3) is 0.826. The smallest absolute Gasteiger partial charge is 0.305 e. The molecule has 0 aromatic rings. The first-order valence-corrected chi connectivity index (χ1v) is 10.7. The van der Waals surface area contributed by atoms with Gasteiger partial charge in [0, 0.05) is 12.8 Å². The number of fused-ring (bicyclic) bond motifs is 5. The van der Waals surface area contributed by atoms with Gasteiger partial charge >= 0.3 is 5.97 Å². The number of esters is 1. The maximum Gasteiger partial charge on any atom is 0.305 e. The third-order valence-electron chi connectivity index (χ3n) is 9.08. The summed E-state index contributed by atoms with van der Waals surface area (Å²) >= 11 is 0. The quantitative estimate of drug-likeness (QED) is 0.660. The Morgan fingerprint density at radius 2 is 1.92 bits per heavy atom. The van der Waals surface area contributed by atoms with Gasteiger partial charge in [0.1, 0.15) is 0 Å². The molecule has 4 aliphatic carbocycles. The van der Waals surface area contributed by atoms with Gasteiger partial charge in [-0.3, -0.25) is 9.59 Å². The van der Waals surface area contributed by atoms with Gasteiger partial charge in [-0.2, -0.15) is 0 Å². The minimum absolute atomic E-state index is 0.0578. The molecule has 0 aromatic carbocycles. The van der Waals surface area contributed by atoms with E-state index in [1.165, 1.54) is 44.8 Å². The Bertz CT molecular complexity index is 635. The van der Waals surface area contributed by atoms with Crippen LogP contribution in [0.4, 0.5) is 0 Å². The number of carbonyl (C=O) groups excluding carboxylic acids is 2. The summed E-state index contributed by atoms with van der Waals surface area (Å²) in [6, 6.07) is 0. The molecular formula is C23H34O3. The van der Waals surface area contributed by atoms with E-state index in [-0.39, 0.29) is 11.4 Å². The zero-order valence-electron chi connectivity index (χ0n) is 16.7. The Kier molecular flexibility index (Phi) is 4.56. The van der Waals surface area contributed by atoms with Gasteiger partial charge in [-0.05, 0) is 91.9 Å². The SMILES string of the molecule is COC(=O)CC[C@@H]1CC[C@H]2[C@@H]3CCC4=CC(=O)CC[C@]4(C)[C@H]3CC[C@]12C.